The molecule has 1 amide bonds. The van der Waals surface area contributed by atoms with E-state index in [0.29, 0.717) is 16.9 Å². The van der Waals surface area contributed by atoms with Crippen molar-refractivity contribution in [3.8, 4) is 11.3 Å². The number of aliphatic carboxylic acids is 1. The van der Waals surface area contributed by atoms with Gasteiger partial charge in [0.1, 0.15) is 5.69 Å². The highest BCUT2D eigenvalue weighted by molar-refractivity contribution is 6.03. The Morgan fingerprint density at radius 1 is 0.880 bits per heavy atom. The van der Waals surface area contributed by atoms with E-state index in [0.717, 1.165) is 5.56 Å². The van der Waals surface area contributed by atoms with E-state index in [1.807, 2.05) is 36.4 Å². The smallest absolute Gasteiger partial charge is 0.307 e. The summed E-state index contributed by atoms with van der Waals surface area (Å²) < 4.78 is 0. The summed E-state index contributed by atoms with van der Waals surface area (Å²) in [6.07, 6.45) is -0.159. The minimum atomic E-state index is -0.953. The molecule has 0 unspecified atom stereocenters. The van der Waals surface area contributed by atoms with Gasteiger partial charge in [0.2, 0.25) is 0 Å². The normalized spacial score (nSPS) is 10.2. The zero-order valence-electron chi connectivity index (χ0n) is 13.3. The predicted octanol–water partition coefficient (Wildman–Crippen LogP) is 3.63. The van der Waals surface area contributed by atoms with E-state index in [9.17, 15) is 9.59 Å². The van der Waals surface area contributed by atoms with Gasteiger partial charge in [-0.3, -0.25) is 9.59 Å². The SMILES string of the molecule is O=C(O)Cc1ccccc1NC(=O)c1cccc(-c2ccccc2)n1. The molecular formula is C20H16N2O3. The maximum atomic E-state index is 12.5. The van der Waals surface area contributed by atoms with E-state index >= 15 is 0 Å². The highest BCUT2D eigenvalue weighted by atomic mass is 16.4. The lowest BCUT2D eigenvalue weighted by Crippen LogP contribution is -2.16. The third-order valence-electron chi connectivity index (χ3n) is 3.66. The number of para-hydroxylation sites is 1. The zero-order valence-corrected chi connectivity index (χ0v) is 13.3. The van der Waals surface area contributed by atoms with Crippen molar-refractivity contribution in [1.29, 1.82) is 0 Å². The first kappa shape index (κ1) is 16.4. The van der Waals surface area contributed by atoms with Crippen molar-refractivity contribution in [3.05, 3.63) is 84.1 Å². The Morgan fingerprint density at radius 2 is 1.60 bits per heavy atom. The van der Waals surface area contributed by atoms with Crippen LogP contribution < -0.4 is 5.32 Å². The number of carbonyl (C=O) groups is 2. The van der Waals surface area contributed by atoms with Gasteiger partial charge in [-0.1, -0.05) is 54.6 Å². The number of anilines is 1. The van der Waals surface area contributed by atoms with E-state index < -0.39 is 5.97 Å². The molecule has 2 aromatic carbocycles. The maximum absolute atomic E-state index is 12.5. The third-order valence-corrected chi connectivity index (χ3v) is 3.66. The minimum Gasteiger partial charge on any atom is -0.481 e. The average Bonchev–Trinajstić information content (AvgIpc) is 2.64. The molecule has 2 N–H and O–H groups in total. The molecule has 0 saturated heterocycles. The Labute approximate surface area is 145 Å². The van der Waals surface area contributed by atoms with Crippen molar-refractivity contribution in [2.24, 2.45) is 0 Å². The second-order valence-electron chi connectivity index (χ2n) is 5.46. The Morgan fingerprint density at radius 3 is 2.36 bits per heavy atom. The van der Waals surface area contributed by atoms with Crippen LogP contribution in [0.3, 0.4) is 0 Å². The summed E-state index contributed by atoms with van der Waals surface area (Å²) in [5.74, 6) is -1.33. The molecule has 3 aromatic rings. The van der Waals surface area contributed by atoms with Crippen molar-refractivity contribution < 1.29 is 14.7 Å². The van der Waals surface area contributed by atoms with Gasteiger partial charge < -0.3 is 10.4 Å². The van der Waals surface area contributed by atoms with E-state index in [1.165, 1.54) is 0 Å². The third kappa shape index (κ3) is 4.09. The van der Waals surface area contributed by atoms with Gasteiger partial charge in [0, 0.05) is 11.3 Å². The minimum absolute atomic E-state index is 0.159. The summed E-state index contributed by atoms with van der Waals surface area (Å²) in [7, 11) is 0. The first-order valence-corrected chi connectivity index (χ1v) is 7.77. The van der Waals surface area contributed by atoms with E-state index in [2.05, 4.69) is 10.3 Å². The molecule has 0 radical (unpaired) electrons. The molecule has 5 heteroatoms. The second kappa shape index (κ2) is 7.40. The summed E-state index contributed by atoms with van der Waals surface area (Å²) >= 11 is 0. The van der Waals surface area contributed by atoms with Gasteiger partial charge in [0.05, 0.1) is 12.1 Å². The Kier molecular flexibility index (Phi) is 4.85. The Bertz CT molecular complexity index is 908. The molecule has 0 aliphatic rings. The quantitative estimate of drug-likeness (QED) is 0.748. The number of hydrogen-bond acceptors (Lipinski definition) is 3. The molecule has 25 heavy (non-hydrogen) atoms. The predicted molar refractivity (Wildman–Crippen MR) is 95.4 cm³/mol. The lowest BCUT2D eigenvalue weighted by Gasteiger charge is -2.10. The molecule has 0 saturated carbocycles. The van der Waals surface area contributed by atoms with Crippen LogP contribution in [0.25, 0.3) is 11.3 Å². The number of nitrogens with one attached hydrogen (secondary N) is 1. The molecular weight excluding hydrogens is 316 g/mol. The van der Waals surface area contributed by atoms with Gasteiger partial charge >= 0.3 is 5.97 Å². The van der Waals surface area contributed by atoms with Gasteiger partial charge in [-0.25, -0.2) is 4.98 Å². The maximum Gasteiger partial charge on any atom is 0.307 e. The van der Waals surface area contributed by atoms with Gasteiger partial charge in [0.15, 0.2) is 0 Å². The van der Waals surface area contributed by atoms with Crippen LogP contribution in [0, 0.1) is 0 Å². The summed E-state index contributed by atoms with van der Waals surface area (Å²) in [6, 6.07) is 21.7. The van der Waals surface area contributed by atoms with Gasteiger partial charge in [0.25, 0.3) is 5.91 Å². The number of hydrogen-bond donors (Lipinski definition) is 2. The number of carboxylic acids is 1. The van der Waals surface area contributed by atoms with E-state index in [4.69, 9.17) is 5.11 Å². The summed E-state index contributed by atoms with van der Waals surface area (Å²) in [5, 5.41) is 11.7. The fourth-order valence-electron chi connectivity index (χ4n) is 2.48. The molecule has 3 rings (SSSR count). The van der Waals surface area contributed by atoms with E-state index in [1.54, 1.807) is 36.4 Å². The molecule has 0 atom stereocenters. The summed E-state index contributed by atoms with van der Waals surface area (Å²) in [6.45, 7) is 0. The van der Waals surface area contributed by atoms with Crippen LogP contribution in [0.5, 0.6) is 0 Å². The van der Waals surface area contributed by atoms with Crippen LogP contribution in [-0.2, 0) is 11.2 Å². The monoisotopic (exact) mass is 332 g/mol. The fourth-order valence-corrected chi connectivity index (χ4v) is 2.48. The number of aromatic nitrogens is 1. The molecule has 0 spiro atoms. The largest absolute Gasteiger partial charge is 0.481 e. The summed E-state index contributed by atoms with van der Waals surface area (Å²) in [5.41, 5.74) is 2.91. The van der Waals surface area contributed by atoms with Crippen molar-refractivity contribution in [3.63, 3.8) is 0 Å². The number of amides is 1. The lowest BCUT2D eigenvalue weighted by molar-refractivity contribution is -0.136. The molecule has 5 nitrogen and oxygen atoms in total. The summed E-state index contributed by atoms with van der Waals surface area (Å²) in [4.78, 5) is 27.9. The van der Waals surface area contributed by atoms with Crippen LogP contribution in [0.15, 0.2) is 72.8 Å². The molecule has 0 fully saturated rings. The van der Waals surface area contributed by atoms with Gasteiger partial charge in [-0.2, -0.15) is 0 Å². The molecule has 124 valence electrons. The second-order valence-corrected chi connectivity index (χ2v) is 5.46. The van der Waals surface area contributed by atoms with Crippen LogP contribution in [0.1, 0.15) is 16.1 Å². The van der Waals surface area contributed by atoms with Crippen LogP contribution in [0.4, 0.5) is 5.69 Å². The highest BCUT2D eigenvalue weighted by Gasteiger charge is 2.12. The fraction of sp³-hybridized carbons (Fsp3) is 0.0500. The lowest BCUT2D eigenvalue weighted by atomic mass is 10.1. The zero-order chi connectivity index (χ0) is 17.6. The van der Waals surface area contributed by atoms with Crippen molar-refractivity contribution >= 4 is 17.6 Å². The first-order chi connectivity index (χ1) is 12.1. The number of carboxylic acid groups (broad SMARTS) is 1. The number of benzene rings is 2. The topological polar surface area (TPSA) is 79.3 Å². The number of nitrogens with zero attached hydrogens (tertiary/aromatic N) is 1. The molecule has 0 aliphatic heterocycles. The first-order valence-electron chi connectivity index (χ1n) is 7.77. The highest BCUT2D eigenvalue weighted by Crippen LogP contribution is 2.19. The number of rotatable bonds is 5. The molecule has 0 aliphatic carbocycles. The van der Waals surface area contributed by atoms with Gasteiger partial charge in [-0.15, -0.1) is 0 Å². The van der Waals surface area contributed by atoms with Gasteiger partial charge in [-0.05, 0) is 23.8 Å². The number of carbonyl (C=O) groups excluding carboxylic acids is 1. The van der Waals surface area contributed by atoms with Crippen LogP contribution in [-0.4, -0.2) is 22.0 Å². The molecule has 0 bridgehead atoms. The van der Waals surface area contributed by atoms with E-state index in [-0.39, 0.29) is 18.0 Å². The van der Waals surface area contributed by atoms with Crippen molar-refractivity contribution in [1.82, 2.24) is 4.98 Å². The number of pyridine rings is 1. The van der Waals surface area contributed by atoms with Crippen LogP contribution >= 0.6 is 0 Å². The van der Waals surface area contributed by atoms with Crippen molar-refractivity contribution in [2.45, 2.75) is 6.42 Å². The average molecular weight is 332 g/mol. The van der Waals surface area contributed by atoms with Crippen LogP contribution in [0.2, 0.25) is 0 Å². The Hall–Kier alpha value is -3.47. The van der Waals surface area contributed by atoms with Crippen molar-refractivity contribution in [2.75, 3.05) is 5.32 Å². The Balaban J connectivity index is 1.84. The standard InChI is InChI=1S/C20H16N2O3/c23-19(24)13-15-9-4-5-10-17(15)22-20(25)18-12-6-11-16(21-18)14-7-2-1-3-8-14/h1-12H,13H2,(H,22,25)(H,23,24). The molecule has 1 heterocycles. The molecule has 1 aromatic heterocycles.